The fourth-order valence-electron chi connectivity index (χ4n) is 2.69. The summed E-state index contributed by atoms with van der Waals surface area (Å²) < 4.78 is 4.27. The molecule has 4 aromatic rings. The highest BCUT2D eigenvalue weighted by molar-refractivity contribution is 6.41. The second-order valence-corrected chi connectivity index (χ2v) is 6.19. The van der Waals surface area contributed by atoms with Crippen LogP contribution in [0, 0.1) is 0 Å². The lowest BCUT2D eigenvalue weighted by Gasteiger charge is -2.08. The molecule has 0 N–H and O–H groups in total. The van der Waals surface area contributed by atoms with E-state index < -0.39 is 5.56 Å². The third-order valence-corrected chi connectivity index (χ3v) is 4.68. The van der Waals surface area contributed by atoms with E-state index in [1.54, 1.807) is 29.6 Å². The van der Waals surface area contributed by atoms with Crippen molar-refractivity contribution in [2.24, 2.45) is 7.05 Å². The second-order valence-electron chi connectivity index (χ2n) is 5.40. The maximum absolute atomic E-state index is 12.4. The lowest BCUT2D eigenvalue weighted by molar-refractivity contribution is 0.611. The number of halogens is 2. The molecule has 0 aliphatic carbocycles. The van der Waals surface area contributed by atoms with Crippen LogP contribution in [0.15, 0.2) is 40.1 Å². The molecule has 0 spiro atoms. The van der Waals surface area contributed by atoms with Gasteiger partial charge in [-0.2, -0.15) is 5.10 Å². The smallest absolute Gasteiger partial charge is 0.279 e. The number of aromatic nitrogens is 6. The van der Waals surface area contributed by atoms with Crippen molar-refractivity contribution in [3.8, 4) is 0 Å². The van der Waals surface area contributed by atoms with E-state index in [0.29, 0.717) is 22.5 Å². The van der Waals surface area contributed by atoms with Gasteiger partial charge in [-0.1, -0.05) is 35.3 Å². The fraction of sp³-hybridized carbons (Fsp3) is 0.133. The van der Waals surface area contributed by atoms with E-state index in [4.69, 9.17) is 23.2 Å². The zero-order valence-corrected chi connectivity index (χ0v) is 14.4. The summed E-state index contributed by atoms with van der Waals surface area (Å²) in [5.41, 5.74) is -0.0550. The van der Waals surface area contributed by atoms with Gasteiger partial charge in [-0.05, 0) is 12.1 Å². The van der Waals surface area contributed by atoms with Gasteiger partial charge in [-0.25, -0.2) is 4.68 Å². The van der Waals surface area contributed by atoms with E-state index >= 15 is 0 Å². The average Bonchev–Trinajstić information content (AvgIpc) is 3.04. The molecule has 126 valence electrons. The van der Waals surface area contributed by atoms with Crippen LogP contribution in [0.25, 0.3) is 16.7 Å². The van der Waals surface area contributed by atoms with Crippen LogP contribution < -0.4 is 11.1 Å². The van der Waals surface area contributed by atoms with Gasteiger partial charge in [-0.15, -0.1) is 10.2 Å². The first-order chi connectivity index (χ1) is 12.0. The highest BCUT2D eigenvalue weighted by atomic mass is 35.5. The molecule has 0 bridgehead atoms. The monoisotopic (exact) mass is 376 g/mol. The van der Waals surface area contributed by atoms with E-state index in [1.807, 2.05) is 6.07 Å². The van der Waals surface area contributed by atoms with Gasteiger partial charge in [0.2, 0.25) is 5.78 Å². The van der Waals surface area contributed by atoms with E-state index in [0.717, 1.165) is 4.68 Å². The normalized spacial score (nSPS) is 11.5. The molecule has 0 saturated carbocycles. The van der Waals surface area contributed by atoms with Crippen LogP contribution in [0.5, 0.6) is 0 Å². The Labute approximate surface area is 149 Å². The Kier molecular flexibility index (Phi) is 3.59. The largest absolute Gasteiger partial charge is 0.287 e. The number of hydrogen-bond acceptors (Lipinski definition) is 5. The zero-order chi connectivity index (χ0) is 17.7. The topological polar surface area (TPSA) is 87.1 Å². The zero-order valence-electron chi connectivity index (χ0n) is 12.8. The first-order valence-electron chi connectivity index (χ1n) is 7.22. The maximum Gasteiger partial charge on any atom is 0.287 e. The highest BCUT2D eigenvalue weighted by Crippen LogP contribution is 2.16. The molecule has 3 aromatic heterocycles. The molecule has 3 heterocycles. The molecule has 0 atom stereocenters. The van der Waals surface area contributed by atoms with Gasteiger partial charge in [0.05, 0.1) is 22.1 Å². The molecule has 8 nitrogen and oxygen atoms in total. The number of rotatable bonds is 2. The molecule has 0 aliphatic rings. The van der Waals surface area contributed by atoms with Crippen molar-refractivity contribution in [2.75, 3.05) is 0 Å². The SMILES string of the molecule is Cn1c(=O)c2ccccc2n2c(Cn3ncc(Cl)c(Cl)c3=O)nnc12. The summed E-state index contributed by atoms with van der Waals surface area (Å²) in [4.78, 5) is 24.6. The van der Waals surface area contributed by atoms with Crippen molar-refractivity contribution in [1.29, 1.82) is 0 Å². The summed E-state index contributed by atoms with van der Waals surface area (Å²) in [6.07, 6.45) is 1.29. The van der Waals surface area contributed by atoms with Gasteiger partial charge in [0.25, 0.3) is 11.1 Å². The summed E-state index contributed by atoms with van der Waals surface area (Å²) in [7, 11) is 1.62. The van der Waals surface area contributed by atoms with Crippen molar-refractivity contribution in [3.05, 3.63) is 67.0 Å². The molecule has 0 saturated heterocycles. The van der Waals surface area contributed by atoms with Crippen LogP contribution in [-0.4, -0.2) is 28.9 Å². The molecule has 0 radical (unpaired) electrons. The lowest BCUT2D eigenvalue weighted by atomic mass is 10.2. The summed E-state index contributed by atoms with van der Waals surface area (Å²) in [5.74, 6) is 0.807. The van der Waals surface area contributed by atoms with Gasteiger partial charge in [0.15, 0.2) is 5.82 Å². The van der Waals surface area contributed by atoms with E-state index in [1.165, 1.54) is 10.8 Å². The van der Waals surface area contributed by atoms with Crippen LogP contribution in [-0.2, 0) is 13.6 Å². The second kappa shape index (κ2) is 5.68. The van der Waals surface area contributed by atoms with Crippen molar-refractivity contribution in [3.63, 3.8) is 0 Å². The van der Waals surface area contributed by atoms with Gasteiger partial charge in [0.1, 0.15) is 11.6 Å². The summed E-state index contributed by atoms with van der Waals surface area (Å²) >= 11 is 11.7. The van der Waals surface area contributed by atoms with Gasteiger partial charge in [-0.3, -0.25) is 18.6 Å². The Morgan fingerprint density at radius 3 is 2.64 bits per heavy atom. The van der Waals surface area contributed by atoms with Crippen molar-refractivity contribution in [1.82, 2.24) is 28.9 Å². The first-order valence-corrected chi connectivity index (χ1v) is 7.97. The number of nitrogens with zero attached hydrogens (tertiary/aromatic N) is 6. The quantitative estimate of drug-likeness (QED) is 0.528. The van der Waals surface area contributed by atoms with Crippen LogP contribution >= 0.6 is 23.2 Å². The van der Waals surface area contributed by atoms with Gasteiger partial charge < -0.3 is 0 Å². The number of hydrogen-bond donors (Lipinski definition) is 0. The molecule has 4 rings (SSSR count). The van der Waals surface area contributed by atoms with Gasteiger partial charge >= 0.3 is 0 Å². The molecular formula is C15H10Cl2N6O2. The number of para-hydroxylation sites is 1. The number of fused-ring (bicyclic) bond motifs is 3. The molecule has 10 heteroatoms. The molecular weight excluding hydrogens is 367 g/mol. The Bertz CT molecular complexity index is 1260. The van der Waals surface area contributed by atoms with Crippen LogP contribution in [0.2, 0.25) is 10.0 Å². The number of benzene rings is 1. The minimum atomic E-state index is -0.528. The molecule has 0 fully saturated rings. The molecule has 0 unspecified atom stereocenters. The predicted molar refractivity (Wildman–Crippen MR) is 93.4 cm³/mol. The standard InChI is InChI=1S/C15H10Cl2N6O2/c1-21-13(24)8-4-2-3-5-10(8)23-11(19-20-15(21)23)7-22-14(25)12(17)9(16)6-18-22/h2-6H,7H2,1H3. The molecule has 0 aliphatic heterocycles. The van der Waals surface area contributed by atoms with Gasteiger partial charge in [0, 0.05) is 7.05 Å². The molecule has 1 aromatic carbocycles. The van der Waals surface area contributed by atoms with Crippen LogP contribution in [0.3, 0.4) is 0 Å². The molecule has 25 heavy (non-hydrogen) atoms. The van der Waals surface area contributed by atoms with Crippen molar-refractivity contribution < 1.29 is 0 Å². The summed E-state index contributed by atoms with van der Waals surface area (Å²) in [6.45, 7) is 0.0269. The fourth-order valence-corrected chi connectivity index (χ4v) is 2.96. The third kappa shape index (κ3) is 2.33. The number of aryl methyl sites for hydroxylation is 1. The Balaban J connectivity index is 2.00. The Morgan fingerprint density at radius 1 is 1.08 bits per heavy atom. The predicted octanol–water partition coefficient (Wildman–Crippen LogP) is 1.49. The van der Waals surface area contributed by atoms with E-state index in [9.17, 15) is 9.59 Å². The highest BCUT2D eigenvalue weighted by Gasteiger charge is 2.16. The minimum Gasteiger partial charge on any atom is -0.279 e. The van der Waals surface area contributed by atoms with Crippen LogP contribution in [0.4, 0.5) is 0 Å². The first kappa shape index (κ1) is 15.8. The third-order valence-electron chi connectivity index (χ3n) is 3.93. The maximum atomic E-state index is 12.4. The molecule has 0 amide bonds. The average molecular weight is 377 g/mol. The van der Waals surface area contributed by atoms with Crippen LogP contribution in [0.1, 0.15) is 5.82 Å². The lowest BCUT2D eigenvalue weighted by Crippen LogP contribution is -2.25. The van der Waals surface area contributed by atoms with Crippen molar-refractivity contribution in [2.45, 2.75) is 6.54 Å². The summed E-state index contributed by atoms with van der Waals surface area (Å²) in [5, 5.41) is 12.7. The Hall–Kier alpha value is -2.71. The van der Waals surface area contributed by atoms with E-state index in [-0.39, 0.29) is 22.1 Å². The Morgan fingerprint density at radius 2 is 1.84 bits per heavy atom. The summed E-state index contributed by atoms with van der Waals surface area (Å²) in [6, 6.07) is 7.12. The minimum absolute atomic E-state index is 0.0269. The van der Waals surface area contributed by atoms with Crippen molar-refractivity contribution >= 4 is 39.9 Å². The van der Waals surface area contributed by atoms with E-state index in [2.05, 4.69) is 15.3 Å².